The van der Waals surface area contributed by atoms with Gasteiger partial charge in [-0.05, 0) is 86.9 Å². The molecule has 16 nitrogen and oxygen atoms in total. The van der Waals surface area contributed by atoms with Crippen LogP contribution < -0.4 is 38.9 Å². The number of guanidine groups is 1. The molecular formula is C33H47N9O7. The predicted molar refractivity (Wildman–Crippen MR) is 181 cm³/mol. The molecule has 0 aromatic heterocycles. The Labute approximate surface area is 284 Å². The summed E-state index contributed by atoms with van der Waals surface area (Å²) in [4.78, 5) is 71.6. The Bertz CT molecular complexity index is 1460. The number of likely N-dealkylation sites (tertiary alicyclic amines) is 1. The number of hydrogen-bond donors (Lipinski definition) is 9. The van der Waals surface area contributed by atoms with E-state index in [1.54, 1.807) is 12.1 Å². The van der Waals surface area contributed by atoms with Gasteiger partial charge in [0.15, 0.2) is 5.96 Å². The molecule has 266 valence electrons. The van der Waals surface area contributed by atoms with Gasteiger partial charge in [-0.3, -0.25) is 29.0 Å². The average Bonchev–Trinajstić information content (AvgIpc) is 3.56. The number of benzene rings is 2. The van der Waals surface area contributed by atoms with E-state index in [4.69, 9.17) is 22.9 Å². The first kappa shape index (κ1) is 38.1. The zero-order chi connectivity index (χ0) is 35.9. The quantitative estimate of drug-likeness (QED) is 0.0532. The van der Waals surface area contributed by atoms with Crippen molar-refractivity contribution < 1.29 is 34.2 Å². The van der Waals surface area contributed by atoms with E-state index < -0.39 is 53.7 Å². The molecule has 0 aliphatic carbocycles. The topological polar surface area (TPSA) is 282 Å². The fraction of sp³-hybridized carbons (Fsp3) is 0.455. The number of aromatic hydroxyl groups is 2. The average molecular weight is 682 g/mol. The van der Waals surface area contributed by atoms with Crippen molar-refractivity contribution in [3.05, 3.63) is 59.7 Å². The molecule has 13 N–H and O–H groups in total. The van der Waals surface area contributed by atoms with E-state index in [0.29, 0.717) is 49.8 Å². The highest BCUT2D eigenvalue weighted by atomic mass is 16.3. The minimum atomic E-state index is -1.18. The number of phenols is 2. The number of aliphatic imine (C=N–C) groups is 1. The van der Waals surface area contributed by atoms with E-state index in [1.807, 2.05) is 0 Å². The summed E-state index contributed by atoms with van der Waals surface area (Å²) in [5.41, 5.74) is 22.8. The van der Waals surface area contributed by atoms with Crippen LogP contribution in [0.25, 0.3) is 0 Å². The molecule has 0 bridgehead atoms. The van der Waals surface area contributed by atoms with E-state index in [2.05, 4.69) is 20.9 Å². The standard InChI is InChI=1S/C33H47N9O7/c34-16-2-1-5-25(30(47)39-24(29(35)46)6-3-17-38-33(36)37)40-31(48)26-7-4-18-42(26)32(49)28(21-10-14-23(44)15-11-21)41-27(45)19-20-8-12-22(43)13-9-20/h8-15,24-26,28,43-44H,1-7,16-19,34H2,(H2,35,46)(H,39,47)(H,40,48)(H,41,45)(H4,36,37,38)/t24-,25-,26-,28-/m0/s1. The molecule has 5 amide bonds. The summed E-state index contributed by atoms with van der Waals surface area (Å²) in [6, 6.07) is 7.66. The number of nitrogens with one attached hydrogen (secondary N) is 3. The molecule has 0 saturated carbocycles. The number of phenolic OH excluding ortho intramolecular Hbond substituents is 2. The summed E-state index contributed by atoms with van der Waals surface area (Å²) in [6.45, 7) is 0.828. The first-order valence-corrected chi connectivity index (χ1v) is 16.2. The number of rotatable bonds is 18. The van der Waals surface area contributed by atoms with Gasteiger partial charge >= 0.3 is 0 Å². The van der Waals surface area contributed by atoms with Crippen molar-refractivity contribution in [3.63, 3.8) is 0 Å². The van der Waals surface area contributed by atoms with Gasteiger partial charge in [0.05, 0.1) is 6.42 Å². The fourth-order valence-corrected chi connectivity index (χ4v) is 5.53. The van der Waals surface area contributed by atoms with Crippen LogP contribution in [0.15, 0.2) is 53.5 Å². The third-order valence-corrected chi connectivity index (χ3v) is 8.10. The van der Waals surface area contributed by atoms with Gasteiger partial charge in [-0.1, -0.05) is 24.3 Å². The summed E-state index contributed by atoms with van der Waals surface area (Å²) in [5, 5.41) is 27.5. The Hall–Kier alpha value is -5.38. The number of nitrogens with two attached hydrogens (primary N) is 4. The number of nitrogens with zero attached hydrogens (tertiary/aromatic N) is 2. The van der Waals surface area contributed by atoms with Crippen LogP contribution >= 0.6 is 0 Å². The van der Waals surface area contributed by atoms with Crippen molar-refractivity contribution in [2.75, 3.05) is 19.6 Å². The maximum absolute atomic E-state index is 14.1. The molecule has 1 aliphatic heterocycles. The lowest BCUT2D eigenvalue weighted by atomic mass is 10.0. The highest BCUT2D eigenvalue weighted by molar-refractivity contribution is 5.96. The summed E-state index contributed by atoms with van der Waals surface area (Å²) in [7, 11) is 0. The van der Waals surface area contributed by atoms with Crippen LogP contribution in [0, 0.1) is 0 Å². The molecule has 1 fully saturated rings. The highest BCUT2D eigenvalue weighted by Crippen LogP contribution is 2.26. The molecule has 1 saturated heterocycles. The molecule has 2 aromatic carbocycles. The lowest BCUT2D eigenvalue weighted by Gasteiger charge is -2.30. The Morgan fingerprint density at radius 3 is 2.08 bits per heavy atom. The third kappa shape index (κ3) is 12.0. The van der Waals surface area contributed by atoms with Gasteiger partial charge in [0.2, 0.25) is 29.5 Å². The second-order valence-electron chi connectivity index (χ2n) is 11.9. The Balaban J connectivity index is 1.76. The fourth-order valence-electron chi connectivity index (χ4n) is 5.53. The van der Waals surface area contributed by atoms with Crippen LogP contribution in [-0.2, 0) is 30.4 Å². The molecule has 2 aromatic rings. The van der Waals surface area contributed by atoms with E-state index >= 15 is 0 Å². The number of carbonyl (C=O) groups is 5. The van der Waals surface area contributed by atoms with Gasteiger partial charge in [0.25, 0.3) is 0 Å². The maximum Gasteiger partial charge on any atom is 0.250 e. The van der Waals surface area contributed by atoms with Crippen molar-refractivity contribution in [2.45, 2.75) is 75.5 Å². The van der Waals surface area contributed by atoms with Crippen LogP contribution in [0.3, 0.4) is 0 Å². The van der Waals surface area contributed by atoms with Gasteiger partial charge in [0.1, 0.15) is 35.7 Å². The third-order valence-electron chi connectivity index (χ3n) is 8.10. The Morgan fingerprint density at radius 2 is 1.47 bits per heavy atom. The molecule has 0 unspecified atom stereocenters. The van der Waals surface area contributed by atoms with Gasteiger partial charge in [-0.15, -0.1) is 0 Å². The summed E-state index contributed by atoms with van der Waals surface area (Å²) in [5.74, 6) is -3.05. The smallest absolute Gasteiger partial charge is 0.250 e. The van der Waals surface area contributed by atoms with Crippen molar-refractivity contribution in [1.29, 1.82) is 0 Å². The maximum atomic E-state index is 14.1. The van der Waals surface area contributed by atoms with Crippen LogP contribution in [0.5, 0.6) is 11.5 Å². The van der Waals surface area contributed by atoms with Crippen LogP contribution in [0.2, 0.25) is 0 Å². The molecule has 1 aliphatic rings. The van der Waals surface area contributed by atoms with Crippen molar-refractivity contribution >= 4 is 35.5 Å². The van der Waals surface area contributed by atoms with Crippen molar-refractivity contribution in [3.8, 4) is 11.5 Å². The molecule has 1 heterocycles. The highest BCUT2D eigenvalue weighted by Gasteiger charge is 2.39. The van der Waals surface area contributed by atoms with E-state index in [-0.39, 0.29) is 49.8 Å². The van der Waals surface area contributed by atoms with Gasteiger partial charge in [-0.2, -0.15) is 0 Å². The second-order valence-corrected chi connectivity index (χ2v) is 11.9. The normalized spacial score (nSPS) is 15.8. The molecule has 16 heteroatoms. The van der Waals surface area contributed by atoms with Gasteiger partial charge < -0.3 is 54.0 Å². The predicted octanol–water partition coefficient (Wildman–Crippen LogP) is -0.874. The van der Waals surface area contributed by atoms with Crippen LogP contribution in [0.4, 0.5) is 0 Å². The monoisotopic (exact) mass is 681 g/mol. The molecular weight excluding hydrogens is 634 g/mol. The van der Waals surface area contributed by atoms with Crippen LogP contribution in [-0.4, -0.2) is 88.4 Å². The number of amides is 5. The number of hydrogen-bond acceptors (Lipinski definition) is 9. The molecule has 0 radical (unpaired) electrons. The van der Waals surface area contributed by atoms with Crippen LogP contribution in [0.1, 0.15) is 62.1 Å². The van der Waals surface area contributed by atoms with E-state index in [0.717, 1.165) is 0 Å². The Morgan fingerprint density at radius 1 is 0.837 bits per heavy atom. The van der Waals surface area contributed by atoms with E-state index in [9.17, 15) is 34.2 Å². The lowest BCUT2D eigenvalue weighted by molar-refractivity contribution is -0.142. The zero-order valence-electron chi connectivity index (χ0n) is 27.3. The minimum absolute atomic E-state index is 0.0323. The molecule has 3 rings (SSSR count). The first-order chi connectivity index (χ1) is 23.4. The second kappa shape index (κ2) is 18.8. The molecule has 4 atom stereocenters. The first-order valence-electron chi connectivity index (χ1n) is 16.2. The number of carbonyl (C=O) groups excluding carboxylic acids is 5. The summed E-state index contributed by atoms with van der Waals surface area (Å²) in [6.07, 6.45) is 2.58. The summed E-state index contributed by atoms with van der Waals surface area (Å²) >= 11 is 0. The number of primary amides is 1. The Kier molecular flexibility index (Phi) is 14.6. The van der Waals surface area contributed by atoms with Crippen molar-refractivity contribution in [2.24, 2.45) is 27.9 Å². The van der Waals surface area contributed by atoms with Crippen molar-refractivity contribution in [1.82, 2.24) is 20.9 Å². The summed E-state index contributed by atoms with van der Waals surface area (Å²) < 4.78 is 0. The van der Waals surface area contributed by atoms with Gasteiger partial charge in [0, 0.05) is 13.1 Å². The van der Waals surface area contributed by atoms with Gasteiger partial charge in [-0.25, -0.2) is 0 Å². The lowest BCUT2D eigenvalue weighted by Crippen LogP contribution is -2.56. The van der Waals surface area contributed by atoms with E-state index in [1.165, 1.54) is 41.3 Å². The zero-order valence-corrected chi connectivity index (χ0v) is 27.3. The molecule has 49 heavy (non-hydrogen) atoms. The minimum Gasteiger partial charge on any atom is -0.508 e. The molecule has 0 spiro atoms. The number of unbranched alkanes of at least 4 members (excludes halogenated alkanes) is 1. The SMILES string of the molecule is NCCCC[C@H](NC(=O)[C@@H]1CCCN1C(=O)[C@@H](NC(=O)Cc1ccc(O)cc1)c1ccc(O)cc1)C(=O)N[C@@H](CCCN=C(N)N)C(N)=O. The largest absolute Gasteiger partial charge is 0.508 e.